The van der Waals surface area contributed by atoms with Gasteiger partial charge < -0.3 is 9.64 Å². The molecule has 28 heavy (non-hydrogen) atoms. The molecular weight excluding hydrogens is 377 g/mol. The fourth-order valence-corrected chi connectivity index (χ4v) is 4.29. The van der Waals surface area contributed by atoms with Gasteiger partial charge in [-0.1, -0.05) is 31.7 Å². The third-order valence-electron chi connectivity index (χ3n) is 4.70. The maximum atomic E-state index is 14.1. The normalized spacial score (nSPS) is 14.9. The molecule has 0 atom stereocenters. The molecule has 0 saturated carbocycles. The molecule has 0 spiro atoms. The molecule has 8 heteroatoms. The fourth-order valence-electron chi connectivity index (χ4n) is 3.37. The van der Waals surface area contributed by atoms with Crippen molar-refractivity contribution in [1.82, 2.24) is 19.7 Å². The van der Waals surface area contributed by atoms with Gasteiger partial charge >= 0.3 is 0 Å². The molecule has 0 bridgehead atoms. The van der Waals surface area contributed by atoms with E-state index in [1.54, 1.807) is 30.1 Å². The topological polar surface area (TPSA) is 56.1 Å². The van der Waals surface area contributed by atoms with E-state index in [2.05, 4.69) is 38.5 Å². The number of halogens is 1. The molecule has 1 aliphatic heterocycles. The highest BCUT2D eigenvalue weighted by Crippen LogP contribution is 2.29. The van der Waals surface area contributed by atoms with Gasteiger partial charge in [0.1, 0.15) is 5.82 Å². The van der Waals surface area contributed by atoms with Crippen LogP contribution in [0.3, 0.4) is 0 Å². The Morgan fingerprint density at radius 2 is 2.00 bits per heavy atom. The molecule has 0 unspecified atom stereocenters. The average molecular weight is 402 g/mol. The summed E-state index contributed by atoms with van der Waals surface area (Å²) in [6, 6.07) is 6.85. The second-order valence-electron chi connectivity index (χ2n) is 7.28. The van der Waals surface area contributed by atoms with Crippen molar-refractivity contribution in [3.8, 4) is 0 Å². The van der Waals surface area contributed by atoms with Gasteiger partial charge in [-0.15, -0.1) is 10.2 Å². The number of thioether (sulfide) groups is 1. The first-order valence-corrected chi connectivity index (χ1v) is 10.5. The first-order valence-electron chi connectivity index (χ1n) is 9.54. The van der Waals surface area contributed by atoms with E-state index in [0.717, 1.165) is 36.3 Å². The Balaban J connectivity index is 1.60. The van der Waals surface area contributed by atoms with Crippen molar-refractivity contribution >= 4 is 28.6 Å². The van der Waals surface area contributed by atoms with Crippen LogP contribution in [0.4, 0.5) is 10.3 Å². The van der Waals surface area contributed by atoms with Crippen LogP contribution in [0.5, 0.6) is 0 Å². The van der Waals surface area contributed by atoms with Crippen molar-refractivity contribution < 1.29 is 9.13 Å². The predicted molar refractivity (Wildman–Crippen MR) is 109 cm³/mol. The van der Waals surface area contributed by atoms with Gasteiger partial charge in [-0.25, -0.2) is 4.39 Å². The van der Waals surface area contributed by atoms with E-state index in [-0.39, 0.29) is 5.82 Å². The largest absolute Gasteiger partial charge is 0.378 e. The lowest BCUT2D eigenvalue weighted by molar-refractivity contribution is 0.121. The van der Waals surface area contributed by atoms with Crippen molar-refractivity contribution in [2.24, 2.45) is 5.92 Å². The Morgan fingerprint density at radius 1 is 1.18 bits per heavy atom. The number of rotatable bonds is 6. The van der Waals surface area contributed by atoms with E-state index in [1.165, 1.54) is 6.07 Å². The zero-order valence-electron chi connectivity index (χ0n) is 16.1. The Bertz CT molecular complexity index is 955. The van der Waals surface area contributed by atoms with Gasteiger partial charge in [0.15, 0.2) is 5.16 Å². The minimum atomic E-state index is -0.241. The molecule has 0 N–H and O–H groups in total. The predicted octanol–water partition coefficient (Wildman–Crippen LogP) is 3.75. The van der Waals surface area contributed by atoms with Crippen LogP contribution in [0.1, 0.15) is 19.4 Å². The number of pyridine rings is 1. The molecule has 0 amide bonds. The van der Waals surface area contributed by atoms with Crippen LogP contribution in [-0.4, -0.2) is 46.1 Å². The molecule has 1 aliphatic rings. The number of morpholine rings is 1. The van der Waals surface area contributed by atoms with E-state index < -0.39 is 0 Å². The molecular formula is C20H24FN5OS. The maximum Gasteiger partial charge on any atom is 0.228 e. The van der Waals surface area contributed by atoms with E-state index in [9.17, 15) is 4.39 Å². The maximum absolute atomic E-state index is 14.1. The van der Waals surface area contributed by atoms with Crippen LogP contribution in [-0.2, 0) is 17.0 Å². The highest BCUT2D eigenvalue weighted by molar-refractivity contribution is 7.98. The zero-order valence-corrected chi connectivity index (χ0v) is 17.0. The zero-order chi connectivity index (χ0) is 19.5. The van der Waals surface area contributed by atoms with E-state index in [0.29, 0.717) is 35.8 Å². The van der Waals surface area contributed by atoms with Gasteiger partial charge in [-0.2, -0.15) is 0 Å². The van der Waals surface area contributed by atoms with Gasteiger partial charge in [-0.05, 0) is 29.7 Å². The number of hydrogen-bond donors (Lipinski definition) is 0. The number of fused-ring (bicyclic) bond motifs is 1. The summed E-state index contributed by atoms with van der Waals surface area (Å²) in [4.78, 5) is 6.62. The molecule has 3 heterocycles. The fraction of sp³-hybridized carbons (Fsp3) is 0.450. The Hall–Kier alpha value is -2.19. The van der Waals surface area contributed by atoms with Gasteiger partial charge in [0.25, 0.3) is 0 Å². The van der Waals surface area contributed by atoms with Gasteiger partial charge in [0.05, 0.1) is 18.7 Å². The molecule has 3 aromatic rings. The highest BCUT2D eigenvalue weighted by atomic mass is 32.2. The molecule has 148 valence electrons. The third-order valence-corrected chi connectivity index (χ3v) is 5.71. The molecule has 2 aromatic heterocycles. The molecule has 6 nitrogen and oxygen atoms in total. The lowest BCUT2D eigenvalue weighted by Crippen LogP contribution is -2.38. The highest BCUT2D eigenvalue weighted by Gasteiger charge is 2.21. The van der Waals surface area contributed by atoms with Crippen molar-refractivity contribution in [3.05, 3.63) is 41.8 Å². The summed E-state index contributed by atoms with van der Waals surface area (Å²) in [7, 11) is 0. The molecule has 0 aliphatic carbocycles. The Labute approximate surface area is 168 Å². The number of anilines is 1. The Kier molecular flexibility index (Phi) is 5.77. The summed E-state index contributed by atoms with van der Waals surface area (Å²) < 4.78 is 21.7. The van der Waals surface area contributed by atoms with Crippen molar-refractivity contribution in [2.75, 3.05) is 31.2 Å². The number of nitrogens with zero attached hydrogens (tertiary/aromatic N) is 5. The summed E-state index contributed by atoms with van der Waals surface area (Å²) >= 11 is 1.62. The van der Waals surface area contributed by atoms with Crippen LogP contribution < -0.4 is 4.90 Å². The first-order chi connectivity index (χ1) is 13.6. The smallest absolute Gasteiger partial charge is 0.228 e. The van der Waals surface area contributed by atoms with Crippen molar-refractivity contribution in [1.29, 1.82) is 0 Å². The van der Waals surface area contributed by atoms with Gasteiger partial charge in [0.2, 0.25) is 5.95 Å². The van der Waals surface area contributed by atoms with Crippen LogP contribution in [0.15, 0.2) is 35.6 Å². The summed E-state index contributed by atoms with van der Waals surface area (Å²) in [6.45, 7) is 8.31. The number of hydrogen-bond acceptors (Lipinski definition) is 6. The van der Waals surface area contributed by atoms with E-state index in [4.69, 9.17) is 4.74 Å². The average Bonchev–Trinajstić information content (AvgIpc) is 3.10. The monoisotopic (exact) mass is 401 g/mol. The summed E-state index contributed by atoms with van der Waals surface area (Å²) in [5.74, 6) is 1.80. The van der Waals surface area contributed by atoms with Crippen LogP contribution in [0.2, 0.25) is 0 Å². The minimum Gasteiger partial charge on any atom is -0.378 e. The second kappa shape index (κ2) is 8.45. The summed E-state index contributed by atoms with van der Waals surface area (Å²) in [5, 5.41) is 10.4. The number of aromatic nitrogens is 4. The number of ether oxygens (including phenoxy) is 1. The van der Waals surface area contributed by atoms with Crippen molar-refractivity contribution in [2.45, 2.75) is 31.3 Å². The van der Waals surface area contributed by atoms with Crippen molar-refractivity contribution in [3.63, 3.8) is 0 Å². The first kappa shape index (κ1) is 19.1. The van der Waals surface area contributed by atoms with Crippen LogP contribution >= 0.6 is 11.8 Å². The van der Waals surface area contributed by atoms with Crippen LogP contribution in [0.25, 0.3) is 10.9 Å². The second-order valence-corrected chi connectivity index (χ2v) is 8.22. The summed E-state index contributed by atoms with van der Waals surface area (Å²) in [6.07, 6.45) is 1.70. The summed E-state index contributed by atoms with van der Waals surface area (Å²) in [5.41, 5.74) is 1.70. The van der Waals surface area contributed by atoms with E-state index >= 15 is 0 Å². The van der Waals surface area contributed by atoms with Gasteiger partial charge in [0, 0.05) is 37.0 Å². The number of benzene rings is 1. The van der Waals surface area contributed by atoms with Gasteiger partial charge in [-0.3, -0.25) is 9.55 Å². The SMILES string of the molecule is CC(C)Cn1c(SCc2ccc(F)c3cccnc23)nnc1N1CCOCC1. The minimum absolute atomic E-state index is 0.241. The molecule has 4 rings (SSSR count). The standard InChI is InChI=1S/C20H24FN5OS/c1-14(2)12-26-19(25-8-10-27-11-9-25)23-24-20(26)28-13-15-5-6-17(21)16-4-3-7-22-18(15)16/h3-7,14H,8-13H2,1-2H3. The molecule has 0 radical (unpaired) electrons. The van der Waals surface area contributed by atoms with E-state index in [1.807, 2.05) is 6.07 Å². The lowest BCUT2D eigenvalue weighted by atomic mass is 10.1. The molecule has 1 aromatic carbocycles. The Morgan fingerprint density at radius 3 is 2.79 bits per heavy atom. The molecule has 1 fully saturated rings. The quantitative estimate of drug-likeness (QED) is 0.587. The van der Waals surface area contributed by atoms with Crippen LogP contribution in [0, 0.1) is 11.7 Å². The molecule has 1 saturated heterocycles. The lowest BCUT2D eigenvalue weighted by Gasteiger charge is -2.28. The third kappa shape index (κ3) is 3.98.